The summed E-state index contributed by atoms with van der Waals surface area (Å²) < 4.78 is 0. The molecule has 1 aliphatic heterocycles. The van der Waals surface area contributed by atoms with E-state index in [2.05, 4.69) is 27.5 Å². The highest BCUT2D eigenvalue weighted by Crippen LogP contribution is 2.41. The average molecular weight is 437 g/mol. The zero-order valence-electron chi connectivity index (χ0n) is 17.3. The van der Waals surface area contributed by atoms with Crippen LogP contribution in [0.4, 0.5) is 5.82 Å². The summed E-state index contributed by atoms with van der Waals surface area (Å²) in [5, 5.41) is 15.6. The summed E-state index contributed by atoms with van der Waals surface area (Å²) in [6.07, 6.45) is 2.11. The van der Waals surface area contributed by atoms with E-state index in [4.69, 9.17) is 0 Å². The van der Waals surface area contributed by atoms with Crippen molar-refractivity contribution in [2.45, 2.75) is 38.1 Å². The van der Waals surface area contributed by atoms with Gasteiger partial charge < -0.3 is 15.7 Å². The Morgan fingerprint density at radius 3 is 2.77 bits per heavy atom. The quantitative estimate of drug-likeness (QED) is 0.523. The van der Waals surface area contributed by atoms with Crippen LogP contribution in [0.3, 0.4) is 0 Å². The first-order valence-corrected chi connectivity index (χ1v) is 11.0. The van der Waals surface area contributed by atoms with Crippen LogP contribution in [0.2, 0.25) is 0 Å². The third-order valence-electron chi connectivity index (χ3n) is 5.62. The molecule has 4 rings (SSSR count). The Hall–Kier alpha value is -3.26. The van der Waals surface area contributed by atoms with Gasteiger partial charge in [0.05, 0.1) is 4.88 Å². The van der Waals surface area contributed by atoms with Crippen molar-refractivity contribution >= 4 is 29.0 Å². The zero-order valence-corrected chi connectivity index (χ0v) is 18.1. The number of amides is 1. The van der Waals surface area contributed by atoms with Crippen molar-refractivity contribution in [3.63, 3.8) is 0 Å². The number of aromatic nitrogens is 2. The van der Waals surface area contributed by atoms with Crippen molar-refractivity contribution in [1.29, 1.82) is 0 Å². The number of thiophene rings is 1. The van der Waals surface area contributed by atoms with E-state index < -0.39 is 12.0 Å². The van der Waals surface area contributed by atoms with Crippen molar-refractivity contribution in [1.82, 2.24) is 15.3 Å². The summed E-state index contributed by atoms with van der Waals surface area (Å²) in [6, 6.07) is 12.0. The lowest BCUT2D eigenvalue weighted by Crippen LogP contribution is -2.42. The molecule has 8 heteroatoms. The van der Waals surface area contributed by atoms with E-state index in [-0.39, 0.29) is 24.2 Å². The first-order valence-electron chi connectivity index (χ1n) is 10.2. The van der Waals surface area contributed by atoms with E-state index in [9.17, 15) is 14.7 Å². The Kier molecular flexibility index (Phi) is 5.99. The summed E-state index contributed by atoms with van der Waals surface area (Å²) in [5.41, 5.74) is 1.95. The SMILES string of the molecule is Cc1ncc2c(n1)NCC2C(C)c1ccc(C(=O)N[C@@H](Cc2ccccc2)C(=O)O)s1. The Balaban J connectivity index is 1.45. The third kappa shape index (κ3) is 4.59. The minimum absolute atomic E-state index is 0.172. The van der Waals surface area contributed by atoms with Gasteiger partial charge in [0.1, 0.15) is 17.7 Å². The van der Waals surface area contributed by atoms with Gasteiger partial charge in [-0.25, -0.2) is 14.8 Å². The summed E-state index contributed by atoms with van der Waals surface area (Å²) in [6.45, 7) is 4.77. The lowest BCUT2D eigenvalue weighted by molar-refractivity contribution is -0.139. The number of hydrogen-bond acceptors (Lipinski definition) is 6. The molecule has 0 radical (unpaired) electrons. The Morgan fingerprint density at radius 1 is 1.26 bits per heavy atom. The maximum atomic E-state index is 12.7. The third-order valence-corrected chi connectivity index (χ3v) is 6.90. The minimum atomic E-state index is -1.05. The van der Waals surface area contributed by atoms with Gasteiger partial charge in [-0.1, -0.05) is 37.3 Å². The number of nitrogens with one attached hydrogen (secondary N) is 2. The van der Waals surface area contributed by atoms with Crippen molar-refractivity contribution in [3.05, 3.63) is 75.4 Å². The fraction of sp³-hybridized carbons (Fsp3) is 0.304. The maximum absolute atomic E-state index is 12.7. The molecule has 0 bridgehead atoms. The molecule has 3 heterocycles. The number of benzene rings is 1. The van der Waals surface area contributed by atoms with Crippen molar-refractivity contribution in [2.75, 3.05) is 11.9 Å². The minimum Gasteiger partial charge on any atom is -0.480 e. The van der Waals surface area contributed by atoms with Crippen LogP contribution in [0.5, 0.6) is 0 Å². The highest BCUT2D eigenvalue weighted by molar-refractivity contribution is 7.14. The zero-order chi connectivity index (χ0) is 22.0. The monoisotopic (exact) mass is 436 g/mol. The molecule has 0 saturated carbocycles. The molecule has 1 aromatic carbocycles. The van der Waals surface area contributed by atoms with Gasteiger partial charge in [0.15, 0.2) is 0 Å². The molecule has 2 unspecified atom stereocenters. The summed E-state index contributed by atoms with van der Waals surface area (Å²) in [5.74, 6) is 0.588. The van der Waals surface area contributed by atoms with Gasteiger partial charge >= 0.3 is 5.97 Å². The molecule has 0 spiro atoms. The summed E-state index contributed by atoms with van der Waals surface area (Å²) in [7, 11) is 0. The van der Waals surface area contributed by atoms with Crippen molar-refractivity contribution < 1.29 is 14.7 Å². The molecule has 1 aliphatic rings. The molecule has 3 aromatic rings. The van der Waals surface area contributed by atoms with Gasteiger partial charge in [0.2, 0.25) is 0 Å². The number of aryl methyl sites for hydroxylation is 1. The second-order valence-electron chi connectivity index (χ2n) is 7.75. The standard InChI is InChI=1S/C23H24N4O3S/c1-13(16-11-25-21-17(16)12-24-14(2)26-21)19-8-9-20(31-19)22(28)27-18(23(29)30)10-15-6-4-3-5-7-15/h3-9,12-13,16,18H,10-11H2,1-2H3,(H,27,28)(H,29,30)(H,24,25,26)/t13?,16?,18-/m0/s1. The molecule has 0 aliphatic carbocycles. The number of carbonyl (C=O) groups excluding carboxylic acids is 1. The summed E-state index contributed by atoms with van der Waals surface area (Å²) in [4.78, 5) is 34.8. The Labute approximate surface area is 184 Å². The van der Waals surface area contributed by atoms with Gasteiger partial charge in [-0.3, -0.25) is 4.79 Å². The number of aliphatic carboxylic acids is 1. The average Bonchev–Trinajstić information content (AvgIpc) is 3.40. The predicted molar refractivity (Wildman–Crippen MR) is 120 cm³/mol. The van der Waals surface area contributed by atoms with Gasteiger partial charge in [-0.2, -0.15) is 0 Å². The van der Waals surface area contributed by atoms with Crippen LogP contribution >= 0.6 is 11.3 Å². The second kappa shape index (κ2) is 8.85. The van der Waals surface area contributed by atoms with Crippen molar-refractivity contribution in [2.24, 2.45) is 0 Å². The van der Waals surface area contributed by atoms with Crippen molar-refractivity contribution in [3.8, 4) is 0 Å². The molecule has 2 aromatic heterocycles. The number of rotatable bonds is 7. The van der Waals surface area contributed by atoms with Gasteiger partial charge in [0, 0.05) is 35.5 Å². The van der Waals surface area contributed by atoms with E-state index in [1.165, 1.54) is 11.3 Å². The second-order valence-corrected chi connectivity index (χ2v) is 8.87. The molecule has 0 saturated heterocycles. The molecule has 3 atom stereocenters. The van der Waals surface area contributed by atoms with Crippen LogP contribution in [0.15, 0.2) is 48.7 Å². The Morgan fingerprint density at radius 2 is 2.03 bits per heavy atom. The highest BCUT2D eigenvalue weighted by Gasteiger charge is 2.31. The molecule has 7 nitrogen and oxygen atoms in total. The van der Waals surface area contributed by atoms with E-state index in [0.29, 0.717) is 4.88 Å². The first kappa shape index (κ1) is 21.0. The molecular weight excluding hydrogens is 412 g/mol. The fourth-order valence-corrected chi connectivity index (χ4v) is 4.88. The number of carboxylic acid groups (broad SMARTS) is 1. The van der Waals surface area contributed by atoms with Crippen LogP contribution in [0.25, 0.3) is 0 Å². The number of hydrogen-bond donors (Lipinski definition) is 3. The maximum Gasteiger partial charge on any atom is 0.326 e. The molecule has 31 heavy (non-hydrogen) atoms. The molecule has 0 fully saturated rings. The molecular formula is C23H24N4O3S. The lowest BCUT2D eigenvalue weighted by Gasteiger charge is -2.17. The Bertz CT molecular complexity index is 1100. The largest absolute Gasteiger partial charge is 0.480 e. The lowest BCUT2D eigenvalue weighted by atomic mass is 9.89. The van der Waals surface area contributed by atoms with E-state index in [1.807, 2.05) is 49.5 Å². The summed E-state index contributed by atoms with van der Waals surface area (Å²) >= 11 is 1.40. The smallest absolute Gasteiger partial charge is 0.326 e. The van der Waals surface area contributed by atoms with E-state index >= 15 is 0 Å². The van der Waals surface area contributed by atoms with Crippen LogP contribution in [0, 0.1) is 6.92 Å². The van der Waals surface area contributed by atoms with Gasteiger partial charge in [0.25, 0.3) is 5.91 Å². The molecule has 1 amide bonds. The van der Waals surface area contributed by atoms with E-state index in [0.717, 1.165) is 34.2 Å². The van der Waals surface area contributed by atoms with Gasteiger partial charge in [-0.05, 0) is 30.5 Å². The number of carbonyl (C=O) groups is 2. The first-order chi connectivity index (χ1) is 14.9. The highest BCUT2D eigenvalue weighted by atomic mass is 32.1. The fourth-order valence-electron chi connectivity index (χ4n) is 3.85. The van der Waals surface area contributed by atoms with Gasteiger partial charge in [-0.15, -0.1) is 11.3 Å². The topological polar surface area (TPSA) is 104 Å². The molecule has 160 valence electrons. The van der Waals surface area contributed by atoms with E-state index in [1.54, 1.807) is 6.07 Å². The van der Waals surface area contributed by atoms with Crippen LogP contribution < -0.4 is 10.6 Å². The number of carboxylic acids is 1. The van der Waals surface area contributed by atoms with Crippen LogP contribution in [0.1, 0.15) is 50.3 Å². The number of fused-ring (bicyclic) bond motifs is 1. The number of nitrogens with zero attached hydrogens (tertiary/aromatic N) is 2. The van der Waals surface area contributed by atoms with Crippen LogP contribution in [-0.4, -0.2) is 39.5 Å². The number of anilines is 1. The molecule has 3 N–H and O–H groups in total. The normalized spacial score (nSPS) is 16.8. The van der Waals surface area contributed by atoms with Crippen LogP contribution in [-0.2, 0) is 11.2 Å². The predicted octanol–water partition coefficient (Wildman–Crippen LogP) is 3.59.